The first kappa shape index (κ1) is 16.2. The van der Waals surface area contributed by atoms with Crippen molar-refractivity contribution in [2.45, 2.75) is 12.3 Å². The summed E-state index contributed by atoms with van der Waals surface area (Å²) in [5.74, 6) is 2.45. The first-order valence-corrected chi connectivity index (χ1v) is 7.64. The molecule has 5 heteroatoms. The predicted octanol–water partition coefficient (Wildman–Crippen LogP) is 3.44. The fourth-order valence-electron chi connectivity index (χ4n) is 3.29. The molecule has 2 aromatic carbocycles. The molecule has 5 nitrogen and oxygen atoms in total. The molecule has 1 aliphatic carbocycles. The number of carbonyl (C=O) groups is 1. The second-order valence-corrected chi connectivity index (χ2v) is 5.56. The standard InChI is InChI=1S/C19H20O5/c1-21-16-7-5-6-11(19(16)24-4)12-8-15(20)14-10-18(23-3)17(22-2)9-13(12)14/h5-7,9-10,12H,8H2,1-4H3. The highest BCUT2D eigenvalue weighted by molar-refractivity contribution is 6.02. The van der Waals surface area contributed by atoms with Gasteiger partial charge in [0.05, 0.1) is 28.4 Å². The van der Waals surface area contributed by atoms with Crippen molar-refractivity contribution < 1.29 is 23.7 Å². The molecule has 0 amide bonds. The maximum atomic E-state index is 12.5. The Balaban J connectivity index is 2.16. The van der Waals surface area contributed by atoms with Crippen molar-refractivity contribution in [3.63, 3.8) is 0 Å². The van der Waals surface area contributed by atoms with Gasteiger partial charge in [0, 0.05) is 23.5 Å². The number of benzene rings is 2. The van der Waals surface area contributed by atoms with Crippen molar-refractivity contribution in [2.24, 2.45) is 0 Å². The molecule has 1 unspecified atom stereocenters. The molecule has 0 radical (unpaired) electrons. The molecule has 3 rings (SSSR count). The Morgan fingerprint density at radius 3 is 2.12 bits per heavy atom. The van der Waals surface area contributed by atoms with Crippen LogP contribution in [0.15, 0.2) is 30.3 Å². The van der Waals surface area contributed by atoms with E-state index in [4.69, 9.17) is 18.9 Å². The number of rotatable bonds is 5. The van der Waals surface area contributed by atoms with Crippen molar-refractivity contribution >= 4 is 5.78 Å². The van der Waals surface area contributed by atoms with Crippen molar-refractivity contribution in [3.8, 4) is 23.0 Å². The Morgan fingerprint density at radius 1 is 0.833 bits per heavy atom. The number of carbonyl (C=O) groups excluding carboxylic acids is 1. The van der Waals surface area contributed by atoms with Crippen LogP contribution in [0.25, 0.3) is 0 Å². The molecule has 0 bridgehead atoms. The van der Waals surface area contributed by atoms with Gasteiger partial charge in [-0.3, -0.25) is 4.79 Å². The molecule has 0 saturated heterocycles. The maximum Gasteiger partial charge on any atom is 0.164 e. The zero-order chi connectivity index (χ0) is 17.3. The van der Waals surface area contributed by atoms with Crippen LogP contribution < -0.4 is 18.9 Å². The number of methoxy groups -OCH3 is 4. The van der Waals surface area contributed by atoms with Crippen LogP contribution in [0.4, 0.5) is 0 Å². The Labute approximate surface area is 141 Å². The number of Topliss-reactive ketones (excluding diaryl/α,β-unsaturated/α-hetero) is 1. The molecule has 0 heterocycles. The van der Waals surface area contributed by atoms with E-state index in [2.05, 4.69) is 0 Å². The summed E-state index contributed by atoms with van der Waals surface area (Å²) in [6, 6.07) is 9.34. The molecule has 0 N–H and O–H groups in total. The number of para-hydroxylation sites is 1. The van der Waals surface area contributed by atoms with Gasteiger partial charge in [-0.05, 0) is 23.8 Å². The molecule has 0 aliphatic heterocycles. The van der Waals surface area contributed by atoms with Gasteiger partial charge in [0.15, 0.2) is 28.8 Å². The molecule has 0 aromatic heterocycles. The number of fused-ring (bicyclic) bond motifs is 1. The number of hydrogen-bond acceptors (Lipinski definition) is 5. The molecule has 0 saturated carbocycles. The zero-order valence-corrected chi connectivity index (χ0v) is 14.2. The summed E-state index contributed by atoms with van der Waals surface area (Å²) < 4.78 is 21.6. The third-order valence-electron chi connectivity index (χ3n) is 4.43. The van der Waals surface area contributed by atoms with Gasteiger partial charge in [0.2, 0.25) is 0 Å². The van der Waals surface area contributed by atoms with Gasteiger partial charge >= 0.3 is 0 Å². The first-order valence-electron chi connectivity index (χ1n) is 7.64. The van der Waals surface area contributed by atoms with Crippen LogP contribution in [0.5, 0.6) is 23.0 Å². The van der Waals surface area contributed by atoms with Gasteiger partial charge in [0.1, 0.15) is 0 Å². The predicted molar refractivity (Wildman–Crippen MR) is 89.9 cm³/mol. The molecular formula is C19H20O5. The molecule has 2 aromatic rings. The third-order valence-corrected chi connectivity index (χ3v) is 4.43. The van der Waals surface area contributed by atoms with Crippen LogP contribution in [-0.2, 0) is 0 Å². The van der Waals surface area contributed by atoms with Crippen LogP contribution in [0.3, 0.4) is 0 Å². The average molecular weight is 328 g/mol. The van der Waals surface area contributed by atoms with Crippen LogP contribution in [0, 0.1) is 0 Å². The zero-order valence-electron chi connectivity index (χ0n) is 14.2. The Kier molecular flexibility index (Phi) is 4.34. The van der Waals surface area contributed by atoms with E-state index in [0.717, 1.165) is 11.1 Å². The monoisotopic (exact) mass is 328 g/mol. The van der Waals surface area contributed by atoms with Crippen LogP contribution in [0.1, 0.15) is 33.8 Å². The van der Waals surface area contributed by atoms with E-state index >= 15 is 0 Å². The summed E-state index contributed by atoms with van der Waals surface area (Å²) in [6.45, 7) is 0. The molecular weight excluding hydrogens is 308 g/mol. The van der Waals surface area contributed by atoms with E-state index in [9.17, 15) is 4.79 Å². The molecule has 1 aliphatic rings. The number of ether oxygens (including phenoxy) is 4. The van der Waals surface area contributed by atoms with E-state index in [-0.39, 0.29) is 11.7 Å². The third kappa shape index (κ3) is 2.46. The van der Waals surface area contributed by atoms with Gasteiger partial charge in [0.25, 0.3) is 0 Å². The molecule has 24 heavy (non-hydrogen) atoms. The highest BCUT2D eigenvalue weighted by atomic mass is 16.5. The minimum atomic E-state index is -0.0997. The van der Waals surface area contributed by atoms with Gasteiger partial charge in [-0.1, -0.05) is 12.1 Å². The second-order valence-electron chi connectivity index (χ2n) is 5.56. The Morgan fingerprint density at radius 2 is 1.50 bits per heavy atom. The minimum absolute atomic E-state index is 0.0841. The summed E-state index contributed by atoms with van der Waals surface area (Å²) in [6.07, 6.45) is 0.384. The van der Waals surface area contributed by atoms with E-state index in [0.29, 0.717) is 35.0 Å². The summed E-state index contributed by atoms with van der Waals surface area (Å²) in [5.41, 5.74) is 2.52. The summed E-state index contributed by atoms with van der Waals surface area (Å²) in [4.78, 5) is 12.5. The van der Waals surface area contributed by atoms with Gasteiger partial charge in [-0.15, -0.1) is 0 Å². The van der Waals surface area contributed by atoms with E-state index in [1.807, 2.05) is 24.3 Å². The van der Waals surface area contributed by atoms with Crippen molar-refractivity contribution in [2.75, 3.05) is 28.4 Å². The topological polar surface area (TPSA) is 54.0 Å². The first-order chi connectivity index (χ1) is 11.6. The lowest BCUT2D eigenvalue weighted by Crippen LogP contribution is -2.02. The Bertz CT molecular complexity index is 782. The van der Waals surface area contributed by atoms with Gasteiger partial charge < -0.3 is 18.9 Å². The summed E-state index contributed by atoms with van der Waals surface area (Å²) in [7, 11) is 6.35. The average Bonchev–Trinajstić information content (AvgIpc) is 2.95. The normalized spacial score (nSPS) is 15.8. The number of hydrogen-bond donors (Lipinski definition) is 0. The lowest BCUT2D eigenvalue weighted by Gasteiger charge is -2.18. The fraction of sp³-hybridized carbons (Fsp3) is 0.316. The van der Waals surface area contributed by atoms with Gasteiger partial charge in [-0.2, -0.15) is 0 Å². The van der Waals surface area contributed by atoms with Crippen molar-refractivity contribution in [1.82, 2.24) is 0 Å². The van der Waals surface area contributed by atoms with E-state index < -0.39 is 0 Å². The molecule has 126 valence electrons. The van der Waals surface area contributed by atoms with Crippen LogP contribution in [-0.4, -0.2) is 34.2 Å². The van der Waals surface area contributed by atoms with Gasteiger partial charge in [-0.25, -0.2) is 0 Å². The second kappa shape index (κ2) is 6.43. The minimum Gasteiger partial charge on any atom is -0.493 e. The Hall–Kier alpha value is -2.69. The lowest BCUT2D eigenvalue weighted by molar-refractivity contribution is 0.0991. The van der Waals surface area contributed by atoms with Crippen molar-refractivity contribution in [3.05, 3.63) is 47.0 Å². The SMILES string of the molecule is COc1cc2c(cc1OC)C(c1cccc(OC)c1OC)CC2=O. The quantitative estimate of drug-likeness (QED) is 0.841. The largest absolute Gasteiger partial charge is 0.493 e. The van der Waals surface area contributed by atoms with Crippen LogP contribution >= 0.6 is 0 Å². The van der Waals surface area contributed by atoms with E-state index in [1.165, 1.54) is 0 Å². The van der Waals surface area contributed by atoms with E-state index in [1.54, 1.807) is 34.5 Å². The molecule has 1 atom stereocenters. The molecule has 0 fully saturated rings. The fourth-order valence-corrected chi connectivity index (χ4v) is 3.29. The lowest BCUT2D eigenvalue weighted by atomic mass is 9.91. The number of ketones is 1. The summed E-state index contributed by atoms with van der Waals surface area (Å²) in [5, 5.41) is 0. The highest BCUT2D eigenvalue weighted by Gasteiger charge is 2.34. The maximum absolute atomic E-state index is 12.5. The van der Waals surface area contributed by atoms with Crippen LogP contribution in [0.2, 0.25) is 0 Å². The smallest absolute Gasteiger partial charge is 0.164 e. The summed E-state index contributed by atoms with van der Waals surface area (Å²) >= 11 is 0. The highest BCUT2D eigenvalue weighted by Crippen LogP contribution is 2.47. The van der Waals surface area contributed by atoms with Crippen molar-refractivity contribution in [1.29, 1.82) is 0 Å². The molecule has 0 spiro atoms.